The van der Waals surface area contributed by atoms with E-state index in [2.05, 4.69) is 10.1 Å². The van der Waals surface area contributed by atoms with E-state index < -0.39 is 0 Å². The molecular weight excluding hydrogens is 252 g/mol. The van der Waals surface area contributed by atoms with Crippen molar-refractivity contribution in [2.24, 2.45) is 0 Å². The first-order valence-electron chi connectivity index (χ1n) is 5.45. The fraction of sp³-hybridized carbons (Fsp3) is 0.250. The van der Waals surface area contributed by atoms with E-state index in [4.69, 9.17) is 9.26 Å². The number of aromatic nitrogens is 2. The van der Waals surface area contributed by atoms with E-state index in [-0.39, 0.29) is 5.97 Å². The zero-order valence-corrected chi connectivity index (χ0v) is 10.6. The molecule has 0 amide bonds. The van der Waals surface area contributed by atoms with Gasteiger partial charge in [-0.05, 0) is 19.1 Å². The Morgan fingerprint density at radius 3 is 3.06 bits per heavy atom. The predicted molar refractivity (Wildman–Crippen MR) is 66.3 cm³/mol. The number of hydrogen-bond donors (Lipinski definition) is 0. The molecule has 18 heavy (non-hydrogen) atoms. The van der Waals surface area contributed by atoms with Crippen LogP contribution < -0.4 is 0 Å². The normalized spacial score (nSPS) is 10.3. The van der Waals surface area contributed by atoms with Gasteiger partial charge in [-0.2, -0.15) is 0 Å². The summed E-state index contributed by atoms with van der Waals surface area (Å²) in [6.07, 6.45) is 3.23. The Balaban J connectivity index is 2.09. The summed E-state index contributed by atoms with van der Waals surface area (Å²) < 4.78 is 9.97. The molecule has 0 N–H and O–H groups in total. The van der Waals surface area contributed by atoms with Gasteiger partial charge in [0.05, 0.1) is 24.1 Å². The van der Waals surface area contributed by atoms with Gasteiger partial charge in [0, 0.05) is 12.3 Å². The molecule has 0 radical (unpaired) electrons. The molecular formula is C12H12N2O3S. The van der Waals surface area contributed by atoms with E-state index in [9.17, 15) is 4.79 Å². The molecule has 2 aromatic heterocycles. The molecule has 0 aromatic carbocycles. The fourth-order valence-corrected chi connectivity index (χ4v) is 2.20. The SMILES string of the molecule is CCOC(=O)c1cccnc1SCc1ccno1. The number of esters is 1. The molecule has 5 nitrogen and oxygen atoms in total. The van der Waals surface area contributed by atoms with Gasteiger partial charge < -0.3 is 9.26 Å². The number of carbonyl (C=O) groups is 1. The highest BCUT2D eigenvalue weighted by molar-refractivity contribution is 7.98. The Hall–Kier alpha value is -1.82. The second kappa shape index (κ2) is 6.20. The van der Waals surface area contributed by atoms with Crippen LogP contribution >= 0.6 is 11.8 Å². The third kappa shape index (κ3) is 3.10. The highest BCUT2D eigenvalue weighted by Gasteiger charge is 2.14. The molecule has 0 aliphatic heterocycles. The summed E-state index contributed by atoms with van der Waals surface area (Å²) in [6.45, 7) is 2.12. The van der Waals surface area contributed by atoms with Crippen LogP contribution in [0.3, 0.4) is 0 Å². The van der Waals surface area contributed by atoms with E-state index >= 15 is 0 Å². The summed E-state index contributed by atoms with van der Waals surface area (Å²) in [4.78, 5) is 15.9. The highest BCUT2D eigenvalue weighted by Crippen LogP contribution is 2.24. The van der Waals surface area contributed by atoms with Gasteiger partial charge in [0.1, 0.15) is 10.8 Å². The van der Waals surface area contributed by atoms with Crippen molar-refractivity contribution in [2.75, 3.05) is 6.61 Å². The van der Waals surface area contributed by atoms with Gasteiger partial charge in [-0.15, -0.1) is 0 Å². The van der Waals surface area contributed by atoms with Gasteiger partial charge in [0.2, 0.25) is 0 Å². The van der Waals surface area contributed by atoms with Gasteiger partial charge in [-0.3, -0.25) is 0 Å². The van der Waals surface area contributed by atoms with Gasteiger partial charge in [-0.1, -0.05) is 16.9 Å². The number of pyridine rings is 1. The van der Waals surface area contributed by atoms with Gasteiger partial charge >= 0.3 is 5.97 Å². The molecule has 0 saturated carbocycles. The summed E-state index contributed by atoms with van der Waals surface area (Å²) in [5.41, 5.74) is 0.476. The van der Waals surface area contributed by atoms with Crippen molar-refractivity contribution >= 4 is 17.7 Å². The zero-order chi connectivity index (χ0) is 12.8. The second-order valence-corrected chi connectivity index (χ2v) is 4.31. The average Bonchev–Trinajstić information content (AvgIpc) is 2.90. The Labute approximate surface area is 109 Å². The number of hydrogen-bond acceptors (Lipinski definition) is 6. The molecule has 0 spiro atoms. The maximum absolute atomic E-state index is 11.7. The highest BCUT2D eigenvalue weighted by atomic mass is 32.2. The van der Waals surface area contributed by atoms with Crippen LogP contribution in [0, 0.1) is 0 Å². The van der Waals surface area contributed by atoms with E-state index in [0.29, 0.717) is 22.9 Å². The van der Waals surface area contributed by atoms with Crippen LogP contribution in [0.1, 0.15) is 23.0 Å². The lowest BCUT2D eigenvalue weighted by atomic mass is 10.3. The van der Waals surface area contributed by atoms with E-state index in [1.807, 2.05) is 0 Å². The molecule has 2 rings (SSSR count). The summed E-state index contributed by atoms with van der Waals surface area (Å²) in [6, 6.07) is 5.19. The van der Waals surface area contributed by atoms with E-state index in [1.54, 1.807) is 37.5 Å². The van der Waals surface area contributed by atoms with Crippen molar-refractivity contribution in [1.82, 2.24) is 10.1 Å². The van der Waals surface area contributed by atoms with E-state index in [0.717, 1.165) is 5.76 Å². The van der Waals surface area contributed by atoms with Crippen molar-refractivity contribution in [3.05, 3.63) is 41.9 Å². The van der Waals surface area contributed by atoms with Crippen molar-refractivity contribution in [3.8, 4) is 0 Å². The molecule has 0 fully saturated rings. The summed E-state index contributed by atoms with van der Waals surface area (Å²) in [5.74, 6) is 0.954. The summed E-state index contributed by atoms with van der Waals surface area (Å²) >= 11 is 1.41. The standard InChI is InChI=1S/C12H12N2O3S/c1-2-16-12(15)10-4-3-6-13-11(10)18-8-9-5-7-14-17-9/h3-7H,2,8H2,1H3. The van der Waals surface area contributed by atoms with Gasteiger partial charge in [-0.25, -0.2) is 9.78 Å². The third-order valence-electron chi connectivity index (χ3n) is 2.11. The van der Waals surface area contributed by atoms with Crippen LogP contribution in [-0.2, 0) is 10.5 Å². The number of thioether (sulfide) groups is 1. The molecule has 0 aliphatic carbocycles. The van der Waals surface area contributed by atoms with Crippen LogP contribution in [0.5, 0.6) is 0 Å². The number of carbonyl (C=O) groups excluding carboxylic acids is 1. The Morgan fingerprint density at radius 2 is 2.33 bits per heavy atom. The van der Waals surface area contributed by atoms with Crippen LogP contribution in [0.15, 0.2) is 40.1 Å². The quantitative estimate of drug-likeness (QED) is 0.610. The lowest BCUT2D eigenvalue weighted by molar-refractivity contribution is 0.0521. The fourth-order valence-electron chi connectivity index (χ4n) is 1.33. The molecule has 2 aromatic rings. The lowest BCUT2D eigenvalue weighted by Gasteiger charge is -2.06. The predicted octanol–water partition coefficient (Wildman–Crippen LogP) is 2.54. The molecule has 0 saturated heterocycles. The Morgan fingerprint density at radius 1 is 1.44 bits per heavy atom. The average molecular weight is 264 g/mol. The van der Waals surface area contributed by atoms with Crippen molar-refractivity contribution in [3.63, 3.8) is 0 Å². The van der Waals surface area contributed by atoms with E-state index in [1.165, 1.54) is 11.8 Å². The first-order chi connectivity index (χ1) is 8.81. The molecule has 0 atom stereocenters. The van der Waals surface area contributed by atoms with Crippen molar-refractivity contribution in [2.45, 2.75) is 17.7 Å². The van der Waals surface area contributed by atoms with Crippen LogP contribution in [-0.4, -0.2) is 22.7 Å². The minimum atomic E-state index is -0.356. The maximum atomic E-state index is 11.7. The second-order valence-electron chi connectivity index (χ2n) is 3.34. The molecule has 94 valence electrons. The lowest BCUT2D eigenvalue weighted by Crippen LogP contribution is -2.07. The molecule has 6 heteroatoms. The number of nitrogens with zero attached hydrogens (tertiary/aromatic N) is 2. The monoisotopic (exact) mass is 264 g/mol. The molecule has 0 bridgehead atoms. The number of rotatable bonds is 5. The molecule has 0 aliphatic rings. The maximum Gasteiger partial charge on any atom is 0.340 e. The summed E-state index contributed by atoms with van der Waals surface area (Å²) in [7, 11) is 0. The molecule has 0 unspecified atom stereocenters. The topological polar surface area (TPSA) is 65.2 Å². The third-order valence-corrected chi connectivity index (χ3v) is 3.14. The zero-order valence-electron chi connectivity index (χ0n) is 9.83. The van der Waals surface area contributed by atoms with Gasteiger partial charge in [0.15, 0.2) is 0 Å². The van der Waals surface area contributed by atoms with Crippen molar-refractivity contribution < 1.29 is 14.1 Å². The molecule has 2 heterocycles. The first kappa shape index (κ1) is 12.6. The Bertz CT molecular complexity index is 514. The van der Waals surface area contributed by atoms with Crippen molar-refractivity contribution in [1.29, 1.82) is 0 Å². The Kier molecular flexibility index (Phi) is 4.35. The largest absolute Gasteiger partial charge is 0.462 e. The van der Waals surface area contributed by atoms with Crippen LogP contribution in [0.25, 0.3) is 0 Å². The minimum Gasteiger partial charge on any atom is -0.462 e. The summed E-state index contributed by atoms with van der Waals surface area (Å²) in [5, 5.41) is 4.25. The number of ether oxygens (including phenoxy) is 1. The van der Waals surface area contributed by atoms with Crippen LogP contribution in [0.2, 0.25) is 0 Å². The first-order valence-corrected chi connectivity index (χ1v) is 6.44. The smallest absolute Gasteiger partial charge is 0.340 e. The van der Waals surface area contributed by atoms with Gasteiger partial charge in [0.25, 0.3) is 0 Å². The minimum absolute atomic E-state index is 0.347. The van der Waals surface area contributed by atoms with Crippen LogP contribution in [0.4, 0.5) is 0 Å².